The Hall–Kier alpha value is -0.570. The largest absolute Gasteiger partial charge is 0.462 e. The van der Waals surface area contributed by atoms with E-state index in [9.17, 15) is 9.90 Å². The fraction of sp³-hybridized carbons (Fsp3) is 0.900. The highest BCUT2D eigenvalue weighted by atomic mass is 16.5. The molecule has 13 heavy (non-hydrogen) atoms. The second kappa shape index (κ2) is 5.97. The van der Waals surface area contributed by atoms with Gasteiger partial charge in [0.15, 0.2) is 0 Å². The van der Waals surface area contributed by atoms with Gasteiger partial charge in [-0.25, -0.2) is 0 Å². The number of carbonyl (C=O) groups is 1. The predicted molar refractivity (Wildman–Crippen MR) is 51.4 cm³/mol. The first-order valence-corrected chi connectivity index (χ1v) is 4.90. The van der Waals surface area contributed by atoms with Crippen LogP contribution >= 0.6 is 0 Å². The Balaban J connectivity index is 4.21. The van der Waals surface area contributed by atoms with Crippen molar-refractivity contribution < 1.29 is 14.6 Å². The van der Waals surface area contributed by atoms with E-state index in [0.29, 0.717) is 19.3 Å². The molecule has 0 radical (unpaired) electrons. The van der Waals surface area contributed by atoms with Gasteiger partial charge in [-0.2, -0.15) is 0 Å². The topological polar surface area (TPSA) is 46.5 Å². The number of hydrogen-bond donors (Lipinski definition) is 1. The smallest absolute Gasteiger partial charge is 0.293 e. The molecule has 0 aliphatic rings. The normalized spacial score (nSPS) is 17.5. The van der Waals surface area contributed by atoms with E-state index in [1.54, 1.807) is 6.92 Å². The zero-order valence-electron chi connectivity index (χ0n) is 8.75. The number of hydrogen-bond acceptors (Lipinski definition) is 3. The third kappa shape index (κ3) is 4.27. The molecular weight excluding hydrogens is 168 g/mol. The molecule has 0 saturated heterocycles. The van der Waals surface area contributed by atoms with Crippen LogP contribution in [0.2, 0.25) is 0 Å². The van der Waals surface area contributed by atoms with Crippen LogP contribution < -0.4 is 0 Å². The summed E-state index contributed by atoms with van der Waals surface area (Å²) in [7, 11) is 0. The lowest BCUT2D eigenvalue weighted by molar-refractivity contribution is -0.150. The Bertz CT molecular complexity index is 143. The molecule has 2 unspecified atom stereocenters. The van der Waals surface area contributed by atoms with E-state index < -0.39 is 5.60 Å². The lowest BCUT2D eigenvalue weighted by atomic mass is 9.91. The summed E-state index contributed by atoms with van der Waals surface area (Å²) in [6.45, 7) is 6.15. The first-order chi connectivity index (χ1) is 6.08. The molecule has 0 aliphatic carbocycles. The Labute approximate surface area is 80.1 Å². The van der Waals surface area contributed by atoms with E-state index in [1.165, 1.54) is 0 Å². The summed E-state index contributed by atoms with van der Waals surface area (Å²) in [5.74, 6) is 0. The van der Waals surface area contributed by atoms with Crippen LogP contribution in [0.3, 0.4) is 0 Å². The van der Waals surface area contributed by atoms with Crippen molar-refractivity contribution in [3.05, 3.63) is 0 Å². The lowest BCUT2D eigenvalue weighted by Gasteiger charge is -2.30. The highest BCUT2D eigenvalue weighted by Gasteiger charge is 2.31. The molecular formula is C10H20O3. The van der Waals surface area contributed by atoms with Gasteiger partial charge < -0.3 is 9.84 Å². The summed E-state index contributed by atoms with van der Waals surface area (Å²) in [5, 5.41) is 9.95. The molecule has 0 spiro atoms. The van der Waals surface area contributed by atoms with Crippen LogP contribution in [0, 0.1) is 0 Å². The second-order valence-electron chi connectivity index (χ2n) is 3.62. The number of rotatable bonds is 7. The lowest BCUT2D eigenvalue weighted by Crippen LogP contribution is -2.40. The van der Waals surface area contributed by atoms with Crippen molar-refractivity contribution >= 4 is 6.47 Å². The molecule has 78 valence electrons. The number of ether oxygens (including phenoxy) is 1. The van der Waals surface area contributed by atoms with Crippen LogP contribution in [0.4, 0.5) is 0 Å². The molecule has 0 aromatic heterocycles. The molecule has 0 bridgehead atoms. The highest BCUT2D eigenvalue weighted by molar-refractivity contribution is 5.37. The fourth-order valence-electron chi connectivity index (χ4n) is 1.52. The average Bonchev–Trinajstić information content (AvgIpc) is 2.04. The van der Waals surface area contributed by atoms with Crippen molar-refractivity contribution in [1.82, 2.24) is 0 Å². The Morgan fingerprint density at radius 1 is 1.46 bits per heavy atom. The Morgan fingerprint density at radius 2 is 2.08 bits per heavy atom. The zero-order chi connectivity index (χ0) is 10.3. The summed E-state index contributed by atoms with van der Waals surface area (Å²) in [6.07, 6.45) is 2.79. The van der Waals surface area contributed by atoms with E-state index in [0.717, 1.165) is 12.8 Å². The summed E-state index contributed by atoms with van der Waals surface area (Å²) < 4.78 is 4.87. The van der Waals surface area contributed by atoms with Gasteiger partial charge in [0.1, 0.15) is 6.10 Å². The molecule has 0 saturated carbocycles. The molecule has 0 fully saturated rings. The van der Waals surface area contributed by atoms with Crippen LogP contribution in [0.25, 0.3) is 0 Å². The van der Waals surface area contributed by atoms with Crippen molar-refractivity contribution in [3.63, 3.8) is 0 Å². The van der Waals surface area contributed by atoms with Gasteiger partial charge in [-0.15, -0.1) is 0 Å². The first-order valence-electron chi connectivity index (χ1n) is 4.90. The monoisotopic (exact) mass is 188 g/mol. The van der Waals surface area contributed by atoms with E-state index in [1.807, 2.05) is 13.8 Å². The molecule has 2 atom stereocenters. The third-order valence-electron chi connectivity index (χ3n) is 2.22. The molecule has 0 heterocycles. The summed E-state index contributed by atoms with van der Waals surface area (Å²) in [4.78, 5) is 10.2. The first kappa shape index (κ1) is 12.4. The summed E-state index contributed by atoms with van der Waals surface area (Å²) in [6, 6.07) is 0. The van der Waals surface area contributed by atoms with Gasteiger partial charge >= 0.3 is 0 Å². The van der Waals surface area contributed by atoms with Crippen LogP contribution in [0.5, 0.6) is 0 Å². The maximum Gasteiger partial charge on any atom is 0.293 e. The van der Waals surface area contributed by atoms with Crippen molar-refractivity contribution in [3.8, 4) is 0 Å². The molecule has 3 nitrogen and oxygen atoms in total. The zero-order valence-corrected chi connectivity index (χ0v) is 8.75. The number of aliphatic hydroxyl groups is 1. The van der Waals surface area contributed by atoms with E-state index in [2.05, 4.69) is 0 Å². The van der Waals surface area contributed by atoms with Gasteiger partial charge in [-0.1, -0.05) is 26.7 Å². The maximum absolute atomic E-state index is 10.2. The fourth-order valence-corrected chi connectivity index (χ4v) is 1.52. The second-order valence-corrected chi connectivity index (χ2v) is 3.62. The van der Waals surface area contributed by atoms with Crippen LogP contribution in [0.1, 0.15) is 46.5 Å². The summed E-state index contributed by atoms with van der Waals surface area (Å²) in [5.41, 5.74) is -0.883. The van der Waals surface area contributed by atoms with Crippen molar-refractivity contribution in [2.24, 2.45) is 0 Å². The molecule has 0 aromatic rings. The third-order valence-corrected chi connectivity index (χ3v) is 2.22. The van der Waals surface area contributed by atoms with E-state index in [-0.39, 0.29) is 6.10 Å². The minimum Gasteiger partial charge on any atom is -0.462 e. The number of carbonyl (C=O) groups excluding carboxylic acids is 1. The van der Waals surface area contributed by atoms with Gasteiger partial charge in [0.05, 0.1) is 5.60 Å². The average molecular weight is 188 g/mol. The van der Waals surface area contributed by atoms with E-state index in [4.69, 9.17) is 4.74 Å². The Morgan fingerprint density at radius 3 is 2.46 bits per heavy atom. The molecule has 1 N–H and O–H groups in total. The van der Waals surface area contributed by atoms with Crippen LogP contribution in [-0.4, -0.2) is 23.3 Å². The van der Waals surface area contributed by atoms with Crippen LogP contribution in [-0.2, 0) is 9.53 Å². The van der Waals surface area contributed by atoms with Gasteiger partial charge in [-0.3, -0.25) is 4.79 Å². The standard InChI is InChI=1S/C10H20O3/c1-4-6-9(13-8-11)10(3,12)7-5-2/h8-9,12H,4-7H2,1-3H3. The van der Waals surface area contributed by atoms with Gasteiger partial charge in [0.2, 0.25) is 0 Å². The molecule has 0 aliphatic heterocycles. The predicted octanol–water partition coefficient (Wildman–Crippen LogP) is 1.88. The van der Waals surface area contributed by atoms with Crippen molar-refractivity contribution in [1.29, 1.82) is 0 Å². The summed E-state index contributed by atoms with van der Waals surface area (Å²) >= 11 is 0. The van der Waals surface area contributed by atoms with Gasteiger partial charge in [0.25, 0.3) is 6.47 Å². The Kier molecular flexibility index (Phi) is 5.71. The molecule has 0 amide bonds. The molecule has 0 aromatic carbocycles. The molecule has 0 rings (SSSR count). The van der Waals surface area contributed by atoms with Gasteiger partial charge in [-0.05, 0) is 19.8 Å². The maximum atomic E-state index is 10.2. The van der Waals surface area contributed by atoms with Crippen LogP contribution in [0.15, 0.2) is 0 Å². The van der Waals surface area contributed by atoms with Crippen molar-refractivity contribution in [2.45, 2.75) is 58.2 Å². The minimum atomic E-state index is -0.883. The van der Waals surface area contributed by atoms with E-state index >= 15 is 0 Å². The van der Waals surface area contributed by atoms with Gasteiger partial charge in [0, 0.05) is 0 Å². The minimum absolute atomic E-state index is 0.366. The van der Waals surface area contributed by atoms with Crippen molar-refractivity contribution in [2.75, 3.05) is 0 Å². The quantitative estimate of drug-likeness (QED) is 0.620. The molecule has 3 heteroatoms. The SMILES string of the molecule is CCCC(OC=O)C(C)(O)CCC. The highest BCUT2D eigenvalue weighted by Crippen LogP contribution is 2.22.